The first-order chi connectivity index (χ1) is 12.1. The van der Waals surface area contributed by atoms with E-state index in [4.69, 9.17) is 16.3 Å². The molecular formula is C19H17ClN2O3. The van der Waals surface area contributed by atoms with E-state index in [1.165, 1.54) is 13.2 Å². The zero-order valence-electron chi connectivity index (χ0n) is 13.6. The van der Waals surface area contributed by atoms with E-state index in [0.717, 1.165) is 23.2 Å². The second kappa shape index (κ2) is 6.08. The summed E-state index contributed by atoms with van der Waals surface area (Å²) in [5.74, 6) is 0.904. The molecule has 1 N–H and O–H groups in total. The summed E-state index contributed by atoms with van der Waals surface area (Å²) in [6.45, 7) is 0. The van der Waals surface area contributed by atoms with Crippen molar-refractivity contribution < 1.29 is 9.66 Å². The van der Waals surface area contributed by atoms with Crippen molar-refractivity contribution in [3.63, 3.8) is 0 Å². The SMILES string of the molecule is COc1cc([N+](=O)[O-])cc2c1NC(c1cccc(Cl)c1)[C@H]1CC=C[C@@H]21. The van der Waals surface area contributed by atoms with Crippen molar-refractivity contribution in [2.75, 3.05) is 12.4 Å². The monoisotopic (exact) mass is 356 g/mol. The summed E-state index contributed by atoms with van der Waals surface area (Å²) in [6, 6.07) is 11.0. The van der Waals surface area contributed by atoms with Crippen molar-refractivity contribution in [1.29, 1.82) is 0 Å². The molecule has 2 aliphatic rings. The molecule has 1 heterocycles. The van der Waals surface area contributed by atoms with Crippen LogP contribution in [-0.2, 0) is 0 Å². The predicted octanol–water partition coefficient (Wildman–Crippen LogP) is 5.08. The summed E-state index contributed by atoms with van der Waals surface area (Å²) in [6.07, 6.45) is 5.21. The highest BCUT2D eigenvalue weighted by Gasteiger charge is 2.40. The highest BCUT2D eigenvalue weighted by atomic mass is 35.5. The lowest BCUT2D eigenvalue weighted by molar-refractivity contribution is -0.385. The maximum Gasteiger partial charge on any atom is 0.273 e. The van der Waals surface area contributed by atoms with Crippen molar-refractivity contribution in [2.45, 2.75) is 18.4 Å². The van der Waals surface area contributed by atoms with Crippen LogP contribution in [0.2, 0.25) is 5.02 Å². The lowest BCUT2D eigenvalue weighted by Gasteiger charge is -2.38. The van der Waals surface area contributed by atoms with Crippen LogP contribution in [0.25, 0.3) is 0 Å². The number of hydrogen-bond acceptors (Lipinski definition) is 4. The third-order valence-electron chi connectivity index (χ3n) is 5.06. The summed E-state index contributed by atoms with van der Waals surface area (Å²) < 4.78 is 5.44. The Morgan fingerprint density at radius 2 is 2.16 bits per heavy atom. The molecule has 2 aromatic carbocycles. The van der Waals surface area contributed by atoms with E-state index in [1.807, 2.05) is 18.2 Å². The van der Waals surface area contributed by atoms with Gasteiger partial charge < -0.3 is 10.1 Å². The average molecular weight is 357 g/mol. The Kier molecular flexibility index (Phi) is 3.88. The van der Waals surface area contributed by atoms with E-state index in [9.17, 15) is 10.1 Å². The molecule has 0 bridgehead atoms. The first kappa shape index (κ1) is 16.0. The number of rotatable bonds is 3. The molecule has 1 unspecified atom stereocenters. The molecule has 128 valence electrons. The first-order valence-corrected chi connectivity index (χ1v) is 8.51. The molecule has 5 nitrogen and oxygen atoms in total. The molecule has 6 heteroatoms. The number of nitro benzene ring substituents is 1. The van der Waals surface area contributed by atoms with E-state index in [-0.39, 0.29) is 28.5 Å². The van der Waals surface area contributed by atoms with E-state index < -0.39 is 0 Å². The number of nitrogens with zero attached hydrogens (tertiary/aromatic N) is 1. The van der Waals surface area contributed by atoms with Crippen molar-refractivity contribution in [3.8, 4) is 5.75 Å². The van der Waals surface area contributed by atoms with Gasteiger partial charge in [0.1, 0.15) is 5.75 Å². The van der Waals surface area contributed by atoms with Crippen LogP contribution in [0.15, 0.2) is 48.6 Å². The van der Waals surface area contributed by atoms with Gasteiger partial charge in [0, 0.05) is 17.0 Å². The molecule has 0 radical (unpaired) electrons. The van der Waals surface area contributed by atoms with Gasteiger partial charge in [0.25, 0.3) is 5.69 Å². The fourth-order valence-electron chi connectivity index (χ4n) is 3.95. The van der Waals surface area contributed by atoms with Gasteiger partial charge in [-0.15, -0.1) is 0 Å². The number of anilines is 1. The Morgan fingerprint density at radius 3 is 2.88 bits per heavy atom. The molecule has 0 fully saturated rings. The number of ether oxygens (including phenoxy) is 1. The van der Waals surface area contributed by atoms with Gasteiger partial charge in [0.05, 0.1) is 29.8 Å². The second-order valence-corrected chi connectivity index (χ2v) is 6.84. The van der Waals surface area contributed by atoms with E-state index >= 15 is 0 Å². The number of allylic oxidation sites excluding steroid dienone is 2. The van der Waals surface area contributed by atoms with Crippen LogP contribution >= 0.6 is 11.6 Å². The lowest BCUT2D eigenvalue weighted by Crippen LogP contribution is -2.29. The van der Waals surface area contributed by atoms with Crippen LogP contribution in [0.5, 0.6) is 5.75 Å². The highest BCUT2D eigenvalue weighted by molar-refractivity contribution is 6.30. The van der Waals surface area contributed by atoms with Gasteiger partial charge in [-0.25, -0.2) is 0 Å². The van der Waals surface area contributed by atoms with E-state index in [0.29, 0.717) is 10.8 Å². The molecule has 0 aromatic heterocycles. The third kappa shape index (κ3) is 2.65. The quantitative estimate of drug-likeness (QED) is 0.473. The topological polar surface area (TPSA) is 64.4 Å². The summed E-state index contributed by atoms with van der Waals surface area (Å²) in [7, 11) is 1.53. The van der Waals surface area contributed by atoms with Crippen LogP contribution in [0.4, 0.5) is 11.4 Å². The Labute approximate surface area is 150 Å². The lowest BCUT2D eigenvalue weighted by atomic mass is 9.76. The average Bonchev–Trinajstić information content (AvgIpc) is 3.10. The molecule has 1 aliphatic heterocycles. The zero-order chi connectivity index (χ0) is 17.6. The molecule has 1 aliphatic carbocycles. The van der Waals surface area contributed by atoms with Crippen LogP contribution < -0.4 is 10.1 Å². The Hall–Kier alpha value is -2.53. The molecule has 0 amide bonds. The largest absolute Gasteiger partial charge is 0.494 e. The highest BCUT2D eigenvalue weighted by Crippen LogP contribution is 2.53. The maximum atomic E-state index is 11.3. The fourth-order valence-corrected chi connectivity index (χ4v) is 4.15. The molecule has 3 atom stereocenters. The predicted molar refractivity (Wildman–Crippen MR) is 97.5 cm³/mol. The molecule has 4 rings (SSSR count). The minimum atomic E-state index is -0.375. The molecular weight excluding hydrogens is 340 g/mol. The van der Waals surface area contributed by atoms with Crippen molar-refractivity contribution in [3.05, 3.63) is 74.8 Å². The van der Waals surface area contributed by atoms with Crippen molar-refractivity contribution >= 4 is 23.0 Å². The summed E-state index contributed by atoms with van der Waals surface area (Å²) in [5, 5.41) is 15.5. The molecule has 0 saturated carbocycles. The van der Waals surface area contributed by atoms with E-state index in [1.54, 1.807) is 6.07 Å². The smallest absolute Gasteiger partial charge is 0.273 e. The number of nitro groups is 1. The van der Waals surface area contributed by atoms with Gasteiger partial charge in [-0.3, -0.25) is 10.1 Å². The number of fused-ring (bicyclic) bond motifs is 3. The Morgan fingerprint density at radius 1 is 1.32 bits per heavy atom. The number of hydrogen-bond donors (Lipinski definition) is 1. The number of non-ortho nitro benzene ring substituents is 1. The van der Waals surface area contributed by atoms with Gasteiger partial charge in [-0.2, -0.15) is 0 Å². The summed E-state index contributed by atoms with van der Waals surface area (Å²) >= 11 is 6.18. The Balaban J connectivity index is 1.85. The van der Waals surface area contributed by atoms with Gasteiger partial charge in [0.2, 0.25) is 0 Å². The van der Waals surface area contributed by atoms with Crippen molar-refractivity contribution in [2.24, 2.45) is 5.92 Å². The third-order valence-corrected chi connectivity index (χ3v) is 5.29. The number of methoxy groups -OCH3 is 1. The van der Waals surface area contributed by atoms with Gasteiger partial charge in [0.15, 0.2) is 0 Å². The maximum absolute atomic E-state index is 11.3. The van der Waals surface area contributed by atoms with Crippen LogP contribution in [0, 0.1) is 16.0 Å². The minimum Gasteiger partial charge on any atom is -0.494 e. The Bertz CT molecular complexity index is 881. The van der Waals surface area contributed by atoms with Crippen LogP contribution in [0.3, 0.4) is 0 Å². The number of benzene rings is 2. The molecule has 0 saturated heterocycles. The number of nitrogens with one attached hydrogen (secondary N) is 1. The van der Waals surface area contributed by atoms with Crippen LogP contribution in [0.1, 0.15) is 29.5 Å². The zero-order valence-corrected chi connectivity index (χ0v) is 14.4. The van der Waals surface area contributed by atoms with Gasteiger partial charge in [-0.05, 0) is 35.6 Å². The number of halogens is 1. The van der Waals surface area contributed by atoms with Gasteiger partial charge in [-0.1, -0.05) is 35.9 Å². The molecule has 25 heavy (non-hydrogen) atoms. The van der Waals surface area contributed by atoms with Crippen molar-refractivity contribution in [1.82, 2.24) is 0 Å². The van der Waals surface area contributed by atoms with E-state index in [2.05, 4.69) is 23.5 Å². The van der Waals surface area contributed by atoms with Crippen LogP contribution in [-0.4, -0.2) is 12.0 Å². The summed E-state index contributed by atoms with van der Waals surface area (Å²) in [4.78, 5) is 10.9. The van der Waals surface area contributed by atoms with Gasteiger partial charge >= 0.3 is 0 Å². The molecule has 0 spiro atoms. The first-order valence-electron chi connectivity index (χ1n) is 8.13. The normalized spacial score (nSPS) is 23.5. The fraction of sp³-hybridized carbons (Fsp3) is 0.263. The minimum absolute atomic E-state index is 0.0534. The standard InChI is InChI=1S/C19H17ClN2O3/c1-25-17-10-13(22(23)24)9-16-14-6-3-7-15(14)18(21-19(16)17)11-4-2-5-12(20)8-11/h2-6,8-10,14-15,18,21H,7H2,1H3/t14-,15+,18?/m1/s1. The second-order valence-electron chi connectivity index (χ2n) is 6.40. The summed E-state index contributed by atoms with van der Waals surface area (Å²) in [5.41, 5.74) is 2.91. The molecule has 2 aromatic rings.